The number of methoxy groups -OCH3 is 1. The first-order chi connectivity index (χ1) is 16.8. The molecule has 6 nitrogen and oxygen atoms in total. The second-order valence-corrected chi connectivity index (χ2v) is 7.82. The minimum atomic E-state index is -4.74. The summed E-state index contributed by atoms with van der Waals surface area (Å²) in [5, 5.41) is 4.40. The fraction of sp³-hybridized carbons (Fsp3) is 0.192. The number of halogens is 3. The third kappa shape index (κ3) is 6.69. The van der Waals surface area contributed by atoms with E-state index in [0.29, 0.717) is 30.8 Å². The molecule has 0 radical (unpaired) electrons. The molecule has 3 aromatic carbocycles. The van der Waals surface area contributed by atoms with E-state index in [2.05, 4.69) is 14.8 Å². The van der Waals surface area contributed by atoms with Gasteiger partial charge in [0.15, 0.2) is 5.82 Å². The maximum absolute atomic E-state index is 12.4. The zero-order chi connectivity index (χ0) is 24.8. The van der Waals surface area contributed by atoms with Crippen molar-refractivity contribution >= 4 is 5.78 Å². The van der Waals surface area contributed by atoms with E-state index in [1.165, 1.54) is 35.3 Å². The molecule has 0 atom stereocenters. The molecule has 0 aliphatic rings. The van der Waals surface area contributed by atoms with E-state index in [1.54, 1.807) is 7.11 Å². The first kappa shape index (κ1) is 24.0. The zero-order valence-electron chi connectivity index (χ0n) is 18.8. The molecule has 0 aliphatic carbocycles. The average molecular weight is 481 g/mol. The van der Waals surface area contributed by atoms with Crippen molar-refractivity contribution in [3.05, 3.63) is 90.3 Å². The van der Waals surface area contributed by atoms with Crippen molar-refractivity contribution in [3.63, 3.8) is 0 Å². The smallest absolute Gasteiger partial charge is 0.497 e. The van der Waals surface area contributed by atoms with Crippen LogP contribution in [0, 0.1) is 0 Å². The van der Waals surface area contributed by atoms with Gasteiger partial charge in [-0.3, -0.25) is 4.79 Å². The molecule has 0 saturated heterocycles. The molecule has 0 aliphatic heterocycles. The molecular weight excluding hydrogens is 459 g/mol. The van der Waals surface area contributed by atoms with E-state index in [-0.39, 0.29) is 11.5 Å². The third-order valence-electron chi connectivity index (χ3n) is 5.27. The van der Waals surface area contributed by atoms with Crippen molar-refractivity contribution in [3.8, 4) is 28.6 Å². The summed E-state index contributed by atoms with van der Waals surface area (Å²) in [6.45, 7) is 0. The van der Waals surface area contributed by atoms with Crippen LogP contribution in [0.1, 0.15) is 17.5 Å². The standard InChI is InChI=1S/C26H22F3N3O3/c1-34-24-4-2-3-19(16-24)15-22(33)12-7-18-5-8-20(9-6-18)25-30-17-32(31-25)21-10-13-23(14-11-21)35-26(27,28)29/h2-6,8-11,13-14,16-17H,7,12,15H2,1H3. The normalized spacial score (nSPS) is 11.3. The van der Waals surface area contributed by atoms with Crippen LogP contribution in [-0.4, -0.2) is 34.0 Å². The third-order valence-corrected chi connectivity index (χ3v) is 5.27. The molecule has 0 N–H and O–H groups in total. The molecule has 180 valence electrons. The van der Waals surface area contributed by atoms with Crippen LogP contribution in [0.5, 0.6) is 11.5 Å². The van der Waals surface area contributed by atoms with Gasteiger partial charge in [0, 0.05) is 18.4 Å². The molecule has 0 spiro atoms. The summed E-state index contributed by atoms with van der Waals surface area (Å²) in [6, 6.07) is 20.5. The van der Waals surface area contributed by atoms with Gasteiger partial charge in [-0.25, -0.2) is 9.67 Å². The molecule has 0 unspecified atom stereocenters. The lowest BCUT2D eigenvalue weighted by atomic mass is 10.0. The number of carbonyl (C=O) groups excluding carboxylic acids is 1. The molecule has 0 fully saturated rings. The summed E-state index contributed by atoms with van der Waals surface area (Å²) < 4.78 is 47.5. The minimum absolute atomic E-state index is 0.148. The van der Waals surface area contributed by atoms with Crippen molar-refractivity contribution in [2.75, 3.05) is 7.11 Å². The largest absolute Gasteiger partial charge is 0.573 e. The summed E-state index contributed by atoms with van der Waals surface area (Å²) in [7, 11) is 1.60. The average Bonchev–Trinajstić information content (AvgIpc) is 3.33. The van der Waals surface area contributed by atoms with Gasteiger partial charge in [0.2, 0.25) is 0 Å². The highest BCUT2D eigenvalue weighted by molar-refractivity contribution is 5.81. The SMILES string of the molecule is COc1cccc(CC(=O)CCc2ccc(-c3ncn(-c4ccc(OC(F)(F)F)cc4)n3)cc2)c1. The van der Waals surface area contributed by atoms with Crippen LogP contribution in [0.15, 0.2) is 79.1 Å². The predicted molar refractivity (Wildman–Crippen MR) is 124 cm³/mol. The van der Waals surface area contributed by atoms with Crippen molar-refractivity contribution in [2.24, 2.45) is 0 Å². The van der Waals surface area contributed by atoms with E-state index in [1.807, 2.05) is 48.5 Å². The van der Waals surface area contributed by atoms with Gasteiger partial charge >= 0.3 is 6.36 Å². The molecule has 9 heteroatoms. The number of ether oxygens (including phenoxy) is 2. The number of carbonyl (C=O) groups is 1. The van der Waals surface area contributed by atoms with E-state index in [0.717, 1.165) is 22.4 Å². The molecule has 1 aromatic heterocycles. The minimum Gasteiger partial charge on any atom is -0.497 e. The number of hydrogen-bond donors (Lipinski definition) is 0. The lowest BCUT2D eigenvalue weighted by molar-refractivity contribution is -0.274. The number of nitrogens with zero attached hydrogens (tertiary/aromatic N) is 3. The Morgan fingerprint density at radius 1 is 0.943 bits per heavy atom. The highest BCUT2D eigenvalue weighted by Crippen LogP contribution is 2.24. The number of ketones is 1. The van der Waals surface area contributed by atoms with Gasteiger partial charge in [-0.2, -0.15) is 0 Å². The quantitative estimate of drug-likeness (QED) is 0.312. The van der Waals surface area contributed by atoms with E-state index >= 15 is 0 Å². The fourth-order valence-electron chi connectivity index (χ4n) is 3.52. The Morgan fingerprint density at radius 2 is 1.69 bits per heavy atom. The van der Waals surface area contributed by atoms with E-state index < -0.39 is 6.36 Å². The monoisotopic (exact) mass is 481 g/mol. The Labute approximate surface area is 200 Å². The van der Waals surface area contributed by atoms with Gasteiger partial charge in [-0.15, -0.1) is 18.3 Å². The molecule has 4 aromatic rings. The van der Waals surface area contributed by atoms with Crippen LogP contribution in [0.3, 0.4) is 0 Å². The number of alkyl halides is 3. The number of aryl methyl sites for hydroxylation is 1. The van der Waals surface area contributed by atoms with Crippen LogP contribution in [0.2, 0.25) is 0 Å². The molecule has 0 bridgehead atoms. The topological polar surface area (TPSA) is 66.2 Å². The van der Waals surface area contributed by atoms with Crippen molar-refractivity contribution in [1.82, 2.24) is 14.8 Å². The molecular formula is C26H22F3N3O3. The van der Waals surface area contributed by atoms with Gasteiger partial charge in [-0.1, -0.05) is 36.4 Å². The van der Waals surface area contributed by atoms with Gasteiger partial charge in [0.1, 0.15) is 23.6 Å². The lowest BCUT2D eigenvalue weighted by Gasteiger charge is -2.09. The molecule has 35 heavy (non-hydrogen) atoms. The van der Waals surface area contributed by atoms with Crippen molar-refractivity contribution < 1.29 is 27.4 Å². The summed E-state index contributed by atoms with van der Waals surface area (Å²) in [6.07, 6.45) is -1.84. The van der Waals surface area contributed by atoms with Crippen LogP contribution < -0.4 is 9.47 Å². The van der Waals surface area contributed by atoms with E-state index in [4.69, 9.17) is 4.74 Å². The number of aromatic nitrogens is 3. The highest BCUT2D eigenvalue weighted by atomic mass is 19.4. The van der Waals surface area contributed by atoms with Crippen molar-refractivity contribution in [1.29, 1.82) is 0 Å². The van der Waals surface area contributed by atoms with Crippen LogP contribution >= 0.6 is 0 Å². The molecule has 0 amide bonds. The van der Waals surface area contributed by atoms with Gasteiger partial charge in [0.05, 0.1) is 12.8 Å². The Hall–Kier alpha value is -4.14. The first-order valence-corrected chi connectivity index (χ1v) is 10.8. The predicted octanol–water partition coefficient (Wildman–Crippen LogP) is 5.59. The zero-order valence-corrected chi connectivity index (χ0v) is 18.8. The second-order valence-electron chi connectivity index (χ2n) is 7.82. The molecule has 0 saturated carbocycles. The summed E-state index contributed by atoms with van der Waals surface area (Å²) >= 11 is 0. The maximum atomic E-state index is 12.4. The maximum Gasteiger partial charge on any atom is 0.573 e. The Kier molecular flexibility index (Phi) is 7.14. The molecule has 1 heterocycles. The first-order valence-electron chi connectivity index (χ1n) is 10.8. The highest BCUT2D eigenvalue weighted by Gasteiger charge is 2.31. The van der Waals surface area contributed by atoms with Crippen LogP contribution in [-0.2, 0) is 17.6 Å². The number of Topliss-reactive ketones (excluding diaryl/α,β-unsaturated/α-hetero) is 1. The number of rotatable bonds is 9. The van der Waals surface area contributed by atoms with Gasteiger partial charge in [-0.05, 0) is 53.9 Å². The Balaban J connectivity index is 1.34. The van der Waals surface area contributed by atoms with Gasteiger partial charge < -0.3 is 9.47 Å². The summed E-state index contributed by atoms with van der Waals surface area (Å²) in [5.41, 5.74) is 3.28. The van der Waals surface area contributed by atoms with Gasteiger partial charge in [0.25, 0.3) is 0 Å². The lowest BCUT2D eigenvalue weighted by Crippen LogP contribution is -2.17. The van der Waals surface area contributed by atoms with E-state index in [9.17, 15) is 18.0 Å². The van der Waals surface area contributed by atoms with Crippen molar-refractivity contribution in [2.45, 2.75) is 25.6 Å². The number of benzene rings is 3. The fourth-order valence-corrected chi connectivity index (χ4v) is 3.52. The molecule has 4 rings (SSSR count). The second kappa shape index (κ2) is 10.4. The Bertz CT molecular complexity index is 1280. The number of hydrogen-bond acceptors (Lipinski definition) is 5. The summed E-state index contributed by atoms with van der Waals surface area (Å²) in [4.78, 5) is 16.7. The Morgan fingerprint density at radius 3 is 2.37 bits per heavy atom. The van der Waals surface area contributed by atoms with Crippen LogP contribution in [0.25, 0.3) is 17.1 Å². The van der Waals surface area contributed by atoms with Crippen LogP contribution in [0.4, 0.5) is 13.2 Å². The summed E-state index contributed by atoms with van der Waals surface area (Å²) in [5.74, 6) is 1.05.